The number of para-hydroxylation sites is 1. The number of rotatable bonds is 5. The number of nitrogens with zero attached hydrogens (tertiary/aromatic N) is 1. The molecule has 2 aromatic rings. The Morgan fingerprint density at radius 2 is 1.90 bits per heavy atom. The first-order chi connectivity index (χ1) is 10.1. The molecule has 108 valence electrons. The van der Waals surface area contributed by atoms with Crippen molar-refractivity contribution in [2.45, 2.75) is 13.0 Å². The zero-order valence-electron chi connectivity index (χ0n) is 11.6. The molecule has 21 heavy (non-hydrogen) atoms. The number of nitrogens with one attached hydrogen (secondary N) is 1. The smallest absolute Gasteiger partial charge is 0.268 e. The molecule has 1 amide bonds. The van der Waals surface area contributed by atoms with E-state index in [1.807, 2.05) is 48.5 Å². The number of aliphatic hydroxyl groups is 1. The SMILES string of the molecule is CC(O)C(=O)NN=Cc1cccc(Oc2ccccc2)c1. The van der Waals surface area contributed by atoms with Gasteiger partial charge in [-0.1, -0.05) is 30.3 Å². The lowest BCUT2D eigenvalue weighted by Crippen LogP contribution is -2.28. The number of hydrogen-bond donors (Lipinski definition) is 2. The minimum Gasteiger partial charge on any atom is -0.457 e. The van der Waals surface area contributed by atoms with E-state index < -0.39 is 12.0 Å². The van der Waals surface area contributed by atoms with Crippen molar-refractivity contribution in [1.82, 2.24) is 5.43 Å². The van der Waals surface area contributed by atoms with Crippen LogP contribution < -0.4 is 10.2 Å². The fourth-order valence-electron chi connectivity index (χ4n) is 1.55. The number of benzene rings is 2. The Balaban J connectivity index is 2.01. The molecule has 0 aliphatic carbocycles. The Bertz CT molecular complexity index is 624. The molecule has 0 aliphatic rings. The van der Waals surface area contributed by atoms with E-state index in [4.69, 9.17) is 9.84 Å². The average Bonchev–Trinajstić information content (AvgIpc) is 2.48. The predicted molar refractivity (Wildman–Crippen MR) is 80.4 cm³/mol. The molecule has 5 nitrogen and oxygen atoms in total. The highest BCUT2D eigenvalue weighted by Gasteiger charge is 2.05. The Labute approximate surface area is 122 Å². The van der Waals surface area contributed by atoms with Crippen molar-refractivity contribution in [3.05, 3.63) is 60.2 Å². The van der Waals surface area contributed by atoms with E-state index >= 15 is 0 Å². The second kappa shape index (κ2) is 7.21. The van der Waals surface area contributed by atoms with Gasteiger partial charge in [0, 0.05) is 0 Å². The zero-order valence-corrected chi connectivity index (χ0v) is 11.6. The van der Waals surface area contributed by atoms with Crippen LogP contribution in [-0.2, 0) is 4.79 Å². The second-order valence-electron chi connectivity index (χ2n) is 4.40. The van der Waals surface area contributed by atoms with Crippen LogP contribution in [0, 0.1) is 0 Å². The summed E-state index contributed by atoms with van der Waals surface area (Å²) in [7, 11) is 0. The molecule has 2 N–H and O–H groups in total. The Morgan fingerprint density at radius 3 is 2.62 bits per heavy atom. The van der Waals surface area contributed by atoms with E-state index in [9.17, 15) is 4.79 Å². The summed E-state index contributed by atoms with van der Waals surface area (Å²) in [6.07, 6.45) is 0.396. The van der Waals surface area contributed by atoms with E-state index in [1.165, 1.54) is 13.1 Å². The van der Waals surface area contributed by atoms with Gasteiger partial charge in [-0.15, -0.1) is 0 Å². The third-order valence-electron chi connectivity index (χ3n) is 2.60. The molecule has 0 aliphatic heterocycles. The number of ether oxygens (including phenoxy) is 1. The second-order valence-corrected chi connectivity index (χ2v) is 4.40. The normalized spacial score (nSPS) is 12.1. The number of hydrogen-bond acceptors (Lipinski definition) is 4. The van der Waals surface area contributed by atoms with Crippen molar-refractivity contribution in [2.75, 3.05) is 0 Å². The molecule has 2 rings (SSSR count). The van der Waals surface area contributed by atoms with Crippen LogP contribution >= 0.6 is 0 Å². The fraction of sp³-hybridized carbons (Fsp3) is 0.125. The molecular formula is C16H16N2O3. The van der Waals surface area contributed by atoms with Crippen LogP contribution in [0.1, 0.15) is 12.5 Å². The molecule has 0 saturated heterocycles. The van der Waals surface area contributed by atoms with Crippen molar-refractivity contribution in [3.63, 3.8) is 0 Å². The lowest BCUT2D eigenvalue weighted by Gasteiger charge is -2.06. The third-order valence-corrected chi connectivity index (χ3v) is 2.60. The predicted octanol–water partition coefficient (Wildman–Crippen LogP) is 2.31. The van der Waals surface area contributed by atoms with Gasteiger partial charge in [-0.2, -0.15) is 5.10 Å². The minimum atomic E-state index is -1.09. The fourth-order valence-corrected chi connectivity index (χ4v) is 1.55. The van der Waals surface area contributed by atoms with Crippen LogP contribution in [0.25, 0.3) is 0 Å². The summed E-state index contributed by atoms with van der Waals surface area (Å²) in [6, 6.07) is 16.7. The van der Waals surface area contributed by atoms with E-state index in [0.29, 0.717) is 5.75 Å². The Kier molecular flexibility index (Phi) is 5.06. The van der Waals surface area contributed by atoms with Crippen molar-refractivity contribution in [2.24, 2.45) is 5.10 Å². The number of amides is 1. The van der Waals surface area contributed by atoms with Crippen molar-refractivity contribution in [1.29, 1.82) is 0 Å². The van der Waals surface area contributed by atoms with Crippen LogP contribution in [-0.4, -0.2) is 23.3 Å². The van der Waals surface area contributed by atoms with E-state index in [2.05, 4.69) is 10.5 Å². The highest BCUT2D eigenvalue weighted by atomic mass is 16.5. The van der Waals surface area contributed by atoms with Gasteiger partial charge >= 0.3 is 0 Å². The molecule has 0 aromatic heterocycles. The molecule has 0 fully saturated rings. The molecule has 0 bridgehead atoms. The van der Waals surface area contributed by atoms with Crippen LogP contribution in [0.4, 0.5) is 0 Å². The van der Waals surface area contributed by atoms with Gasteiger partial charge in [0.15, 0.2) is 0 Å². The number of aliphatic hydroxyl groups excluding tert-OH is 1. The van der Waals surface area contributed by atoms with E-state index in [1.54, 1.807) is 6.07 Å². The van der Waals surface area contributed by atoms with E-state index in [0.717, 1.165) is 11.3 Å². The summed E-state index contributed by atoms with van der Waals surface area (Å²) in [5, 5.41) is 12.8. The molecule has 2 aromatic carbocycles. The maximum atomic E-state index is 11.1. The highest BCUT2D eigenvalue weighted by molar-refractivity contribution is 5.84. The van der Waals surface area contributed by atoms with Gasteiger partial charge in [0.05, 0.1) is 6.21 Å². The van der Waals surface area contributed by atoms with Crippen LogP contribution in [0.15, 0.2) is 59.7 Å². The Morgan fingerprint density at radius 1 is 1.19 bits per heavy atom. The summed E-state index contributed by atoms with van der Waals surface area (Å²) in [4.78, 5) is 11.1. The zero-order chi connectivity index (χ0) is 15.1. The lowest BCUT2D eigenvalue weighted by atomic mass is 10.2. The van der Waals surface area contributed by atoms with Gasteiger partial charge in [0.1, 0.15) is 17.6 Å². The molecule has 0 heterocycles. The summed E-state index contributed by atoms with van der Waals surface area (Å²) in [5.41, 5.74) is 3.01. The number of carbonyl (C=O) groups is 1. The standard InChI is InChI=1S/C16H16N2O3/c1-12(19)16(20)18-17-11-13-6-5-9-15(10-13)21-14-7-3-2-4-8-14/h2-12,19H,1H3,(H,18,20). The molecule has 1 atom stereocenters. The molecular weight excluding hydrogens is 268 g/mol. The van der Waals surface area contributed by atoms with Gasteiger partial charge in [-0.25, -0.2) is 5.43 Å². The molecule has 0 radical (unpaired) electrons. The van der Waals surface area contributed by atoms with Crippen LogP contribution in [0.2, 0.25) is 0 Å². The first-order valence-electron chi connectivity index (χ1n) is 6.49. The molecule has 0 spiro atoms. The summed E-state index contributed by atoms with van der Waals surface area (Å²) < 4.78 is 5.70. The van der Waals surface area contributed by atoms with Gasteiger partial charge in [0.25, 0.3) is 5.91 Å². The quantitative estimate of drug-likeness (QED) is 0.654. The first kappa shape index (κ1) is 14.7. The van der Waals surface area contributed by atoms with Gasteiger partial charge in [-0.3, -0.25) is 4.79 Å². The molecule has 5 heteroatoms. The maximum Gasteiger partial charge on any atom is 0.268 e. The largest absolute Gasteiger partial charge is 0.457 e. The molecule has 1 unspecified atom stereocenters. The highest BCUT2D eigenvalue weighted by Crippen LogP contribution is 2.21. The van der Waals surface area contributed by atoms with Crippen LogP contribution in [0.3, 0.4) is 0 Å². The number of carbonyl (C=O) groups excluding carboxylic acids is 1. The summed E-state index contributed by atoms with van der Waals surface area (Å²) in [6.45, 7) is 1.37. The maximum absolute atomic E-state index is 11.1. The van der Waals surface area contributed by atoms with Crippen molar-refractivity contribution < 1.29 is 14.6 Å². The Hall–Kier alpha value is -2.66. The first-order valence-corrected chi connectivity index (χ1v) is 6.49. The summed E-state index contributed by atoms with van der Waals surface area (Å²) in [5.74, 6) is 0.865. The van der Waals surface area contributed by atoms with Crippen LogP contribution in [0.5, 0.6) is 11.5 Å². The van der Waals surface area contributed by atoms with Gasteiger partial charge < -0.3 is 9.84 Å². The van der Waals surface area contributed by atoms with E-state index in [-0.39, 0.29) is 0 Å². The molecule has 0 saturated carbocycles. The topological polar surface area (TPSA) is 70.9 Å². The summed E-state index contributed by atoms with van der Waals surface area (Å²) >= 11 is 0. The minimum absolute atomic E-state index is 0.553. The van der Waals surface area contributed by atoms with Gasteiger partial charge in [0.2, 0.25) is 0 Å². The van der Waals surface area contributed by atoms with Gasteiger partial charge in [-0.05, 0) is 36.8 Å². The van der Waals surface area contributed by atoms with Crippen molar-refractivity contribution in [3.8, 4) is 11.5 Å². The lowest BCUT2D eigenvalue weighted by molar-refractivity contribution is -0.128. The number of hydrazone groups is 1. The monoisotopic (exact) mass is 284 g/mol. The van der Waals surface area contributed by atoms with Crippen molar-refractivity contribution >= 4 is 12.1 Å². The average molecular weight is 284 g/mol. The third kappa shape index (κ3) is 4.74.